The molecule has 1 amide bonds. The van der Waals surface area contributed by atoms with E-state index in [4.69, 9.17) is 11.6 Å². The number of nitrogens with one attached hydrogen (secondary N) is 2. The lowest BCUT2D eigenvalue weighted by Crippen LogP contribution is -2.27. The number of carbonyl (C=O) groups excluding carboxylic acids is 1. The summed E-state index contributed by atoms with van der Waals surface area (Å²) in [6, 6.07) is -0.00415. The van der Waals surface area contributed by atoms with Gasteiger partial charge in [0.2, 0.25) is 23.1 Å². The Bertz CT molecular complexity index is 464. The van der Waals surface area contributed by atoms with Crippen molar-refractivity contribution >= 4 is 29.4 Å². The number of hydrogen-bond acceptors (Lipinski definition) is 6. The van der Waals surface area contributed by atoms with Crippen LogP contribution in [0.4, 0.5) is 11.9 Å². The third-order valence-electron chi connectivity index (χ3n) is 2.95. The lowest BCUT2D eigenvalue weighted by Gasteiger charge is -2.19. The van der Waals surface area contributed by atoms with Gasteiger partial charge in [-0.05, 0) is 25.4 Å². The number of hydrogen-bond donors (Lipinski definition) is 2. The van der Waals surface area contributed by atoms with Crippen molar-refractivity contribution in [2.75, 3.05) is 29.9 Å². The number of nitrogens with zero attached hydrogens (tertiary/aromatic N) is 4. The van der Waals surface area contributed by atoms with Crippen LogP contribution in [0.25, 0.3) is 0 Å². The number of aromatic nitrogens is 3. The first kappa shape index (κ1) is 13.8. The minimum absolute atomic E-state index is 0.00415. The van der Waals surface area contributed by atoms with Crippen molar-refractivity contribution in [3.8, 4) is 0 Å². The minimum Gasteiger partial charge on any atom is -0.354 e. The Morgan fingerprint density at radius 1 is 1.37 bits per heavy atom. The van der Waals surface area contributed by atoms with Gasteiger partial charge in [0.15, 0.2) is 0 Å². The van der Waals surface area contributed by atoms with Gasteiger partial charge in [0.1, 0.15) is 0 Å². The largest absolute Gasteiger partial charge is 0.354 e. The maximum atomic E-state index is 11.1. The summed E-state index contributed by atoms with van der Waals surface area (Å²) >= 11 is 5.91. The zero-order valence-electron chi connectivity index (χ0n) is 11.0. The fraction of sp³-hybridized carbons (Fsp3) is 0.636. The molecule has 0 aromatic carbocycles. The average Bonchev–Trinajstić information content (AvgIpc) is 2.75. The van der Waals surface area contributed by atoms with E-state index in [2.05, 4.69) is 25.6 Å². The van der Waals surface area contributed by atoms with Crippen LogP contribution in [0.15, 0.2) is 0 Å². The van der Waals surface area contributed by atoms with E-state index >= 15 is 0 Å². The molecule has 0 aliphatic carbocycles. The van der Waals surface area contributed by atoms with E-state index in [0.717, 1.165) is 13.1 Å². The van der Waals surface area contributed by atoms with Gasteiger partial charge in [-0.1, -0.05) is 0 Å². The molecule has 1 aliphatic rings. The van der Waals surface area contributed by atoms with Crippen LogP contribution in [-0.4, -0.2) is 46.5 Å². The second-order valence-electron chi connectivity index (χ2n) is 4.25. The standard InChI is InChI=1S/C11H17ClN6O/c1-3-18(4-2)11-16-9(12)15-10(17-11)14-7-5-8(19)13-6-7/h7H,3-6H2,1-2H3,(H,13,19)(H,14,15,16,17). The summed E-state index contributed by atoms with van der Waals surface area (Å²) in [7, 11) is 0. The zero-order chi connectivity index (χ0) is 13.8. The number of halogens is 1. The Balaban J connectivity index is 2.14. The molecule has 0 spiro atoms. The fourth-order valence-electron chi connectivity index (χ4n) is 1.94. The summed E-state index contributed by atoms with van der Waals surface area (Å²) in [5.41, 5.74) is 0. The molecule has 1 aliphatic heterocycles. The zero-order valence-corrected chi connectivity index (χ0v) is 11.7. The van der Waals surface area contributed by atoms with Crippen LogP contribution in [0.1, 0.15) is 20.3 Å². The Morgan fingerprint density at radius 2 is 2.11 bits per heavy atom. The summed E-state index contributed by atoms with van der Waals surface area (Å²) in [6.07, 6.45) is 0.421. The van der Waals surface area contributed by atoms with Gasteiger partial charge in [-0.25, -0.2) is 0 Å². The van der Waals surface area contributed by atoms with Crippen LogP contribution in [-0.2, 0) is 4.79 Å². The van der Waals surface area contributed by atoms with Crippen molar-refractivity contribution in [2.24, 2.45) is 0 Å². The summed E-state index contributed by atoms with van der Waals surface area (Å²) in [5.74, 6) is 0.981. The number of rotatable bonds is 5. The van der Waals surface area contributed by atoms with Crippen LogP contribution in [0.3, 0.4) is 0 Å². The molecule has 2 heterocycles. The Kier molecular flexibility index (Phi) is 4.36. The monoisotopic (exact) mass is 284 g/mol. The third kappa shape index (κ3) is 3.44. The molecule has 0 radical (unpaired) electrons. The highest BCUT2D eigenvalue weighted by Gasteiger charge is 2.22. The molecule has 1 atom stereocenters. The van der Waals surface area contributed by atoms with Crippen molar-refractivity contribution in [1.29, 1.82) is 0 Å². The van der Waals surface area contributed by atoms with Gasteiger partial charge >= 0.3 is 0 Å². The van der Waals surface area contributed by atoms with Gasteiger partial charge in [0.05, 0.1) is 6.04 Å². The first-order chi connectivity index (χ1) is 9.12. The normalized spacial score (nSPS) is 18.3. The SMILES string of the molecule is CCN(CC)c1nc(Cl)nc(NC2CNC(=O)C2)n1. The summed E-state index contributed by atoms with van der Waals surface area (Å²) < 4.78 is 0. The van der Waals surface area contributed by atoms with Gasteiger partial charge in [-0.3, -0.25) is 4.79 Å². The maximum Gasteiger partial charge on any atom is 0.231 e. The van der Waals surface area contributed by atoms with Gasteiger partial charge in [0, 0.05) is 26.1 Å². The quantitative estimate of drug-likeness (QED) is 0.827. The van der Waals surface area contributed by atoms with E-state index in [0.29, 0.717) is 24.9 Å². The van der Waals surface area contributed by atoms with E-state index in [1.807, 2.05) is 18.7 Å². The van der Waals surface area contributed by atoms with Crippen LogP contribution in [0.5, 0.6) is 0 Å². The molecule has 1 saturated heterocycles. The molecule has 2 N–H and O–H groups in total. The molecule has 104 valence electrons. The van der Waals surface area contributed by atoms with Crippen molar-refractivity contribution in [3.05, 3.63) is 5.28 Å². The lowest BCUT2D eigenvalue weighted by atomic mass is 10.3. The molecule has 1 aromatic heterocycles. The van der Waals surface area contributed by atoms with E-state index in [-0.39, 0.29) is 17.2 Å². The second kappa shape index (κ2) is 6.01. The van der Waals surface area contributed by atoms with E-state index in [1.54, 1.807) is 0 Å². The van der Waals surface area contributed by atoms with Crippen LogP contribution in [0, 0.1) is 0 Å². The van der Waals surface area contributed by atoms with E-state index in [1.165, 1.54) is 0 Å². The van der Waals surface area contributed by atoms with Crippen molar-refractivity contribution < 1.29 is 4.79 Å². The lowest BCUT2D eigenvalue weighted by molar-refractivity contribution is -0.119. The molecule has 1 fully saturated rings. The predicted octanol–water partition coefficient (Wildman–Crippen LogP) is 0.672. The van der Waals surface area contributed by atoms with Crippen molar-refractivity contribution in [3.63, 3.8) is 0 Å². The molecule has 0 saturated carbocycles. The Hall–Kier alpha value is -1.63. The number of amides is 1. The minimum atomic E-state index is -0.00415. The highest BCUT2D eigenvalue weighted by Crippen LogP contribution is 2.15. The smallest absolute Gasteiger partial charge is 0.231 e. The number of anilines is 2. The maximum absolute atomic E-state index is 11.1. The summed E-state index contributed by atoms with van der Waals surface area (Å²) in [5, 5.41) is 6.00. The average molecular weight is 285 g/mol. The first-order valence-electron chi connectivity index (χ1n) is 6.32. The Labute approximate surface area is 116 Å². The molecule has 1 unspecified atom stereocenters. The van der Waals surface area contributed by atoms with Crippen molar-refractivity contribution in [2.45, 2.75) is 26.3 Å². The fourth-order valence-corrected chi connectivity index (χ4v) is 2.10. The second-order valence-corrected chi connectivity index (χ2v) is 4.59. The van der Waals surface area contributed by atoms with Gasteiger partial charge < -0.3 is 15.5 Å². The van der Waals surface area contributed by atoms with Gasteiger partial charge in [-0.2, -0.15) is 15.0 Å². The third-order valence-corrected chi connectivity index (χ3v) is 3.12. The molecule has 0 bridgehead atoms. The highest BCUT2D eigenvalue weighted by atomic mass is 35.5. The van der Waals surface area contributed by atoms with E-state index < -0.39 is 0 Å². The summed E-state index contributed by atoms with van der Waals surface area (Å²) in [6.45, 7) is 6.20. The predicted molar refractivity (Wildman–Crippen MR) is 73.4 cm³/mol. The van der Waals surface area contributed by atoms with Crippen molar-refractivity contribution in [1.82, 2.24) is 20.3 Å². The molecular weight excluding hydrogens is 268 g/mol. The molecule has 1 aromatic rings. The Morgan fingerprint density at radius 3 is 2.68 bits per heavy atom. The molecule has 2 rings (SSSR count). The van der Waals surface area contributed by atoms with Gasteiger partial charge in [-0.15, -0.1) is 0 Å². The molecular formula is C11H17ClN6O. The first-order valence-corrected chi connectivity index (χ1v) is 6.70. The number of carbonyl (C=O) groups is 1. The molecule has 8 heteroatoms. The van der Waals surface area contributed by atoms with Crippen LogP contribution in [0.2, 0.25) is 5.28 Å². The highest BCUT2D eigenvalue weighted by molar-refractivity contribution is 6.28. The van der Waals surface area contributed by atoms with E-state index in [9.17, 15) is 4.79 Å². The molecule has 19 heavy (non-hydrogen) atoms. The van der Waals surface area contributed by atoms with Crippen LogP contribution >= 0.6 is 11.6 Å². The van der Waals surface area contributed by atoms with Crippen LogP contribution < -0.4 is 15.5 Å². The van der Waals surface area contributed by atoms with Gasteiger partial charge in [0.25, 0.3) is 0 Å². The summed E-state index contributed by atoms with van der Waals surface area (Å²) in [4.78, 5) is 25.6. The molecule has 7 nitrogen and oxygen atoms in total. The topological polar surface area (TPSA) is 83.0 Å².